The van der Waals surface area contributed by atoms with Crippen LogP contribution >= 0.6 is 0 Å². The Kier molecular flexibility index (Phi) is 6.22. The average molecular weight is 379 g/mol. The summed E-state index contributed by atoms with van der Waals surface area (Å²) in [6, 6.07) is 17.0. The van der Waals surface area contributed by atoms with Crippen LogP contribution in [-0.2, 0) is 6.54 Å². The van der Waals surface area contributed by atoms with Gasteiger partial charge >= 0.3 is 0 Å². The molecule has 3 aromatic rings. The molecule has 2 N–H and O–H groups in total. The van der Waals surface area contributed by atoms with Crippen LogP contribution < -0.4 is 15.4 Å². The minimum absolute atomic E-state index is 0.00245. The molecule has 0 unspecified atom stereocenters. The molecule has 0 saturated heterocycles. The molecule has 2 aromatic carbocycles. The van der Waals surface area contributed by atoms with E-state index >= 15 is 0 Å². The zero-order chi connectivity index (χ0) is 19.9. The lowest BCUT2D eigenvalue weighted by atomic mass is 10.2. The number of aromatic nitrogens is 1. The molecule has 3 rings (SSSR count). The highest BCUT2D eigenvalue weighted by atomic mass is 19.1. The quantitative estimate of drug-likeness (QED) is 0.615. The van der Waals surface area contributed by atoms with Crippen LogP contribution in [-0.4, -0.2) is 17.0 Å². The Morgan fingerprint density at radius 2 is 1.82 bits per heavy atom. The summed E-state index contributed by atoms with van der Waals surface area (Å²) in [4.78, 5) is 16.7. The third kappa shape index (κ3) is 5.30. The van der Waals surface area contributed by atoms with E-state index in [1.54, 1.807) is 36.5 Å². The summed E-state index contributed by atoms with van der Waals surface area (Å²) in [5, 5.41) is 6.02. The number of carbonyl (C=O) groups excluding carboxylic acids is 1. The molecule has 6 heteroatoms. The number of hydrogen-bond donors (Lipinski definition) is 2. The van der Waals surface area contributed by atoms with Gasteiger partial charge in [0.05, 0.1) is 23.7 Å². The predicted octanol–water partition coefficient (Wildman–Crippen LogP) is 4.87. The van der Waals surface area contributed by atoms with Gasteiger partial charge in [0.25, 0.3) is 5.91 Å². The number of benzene rings is 2. The molecule has 1 aromatic heterocycles. The first kappa shape index (κ1) is 19.4. The second kappa shape index (κ2) is 8.99. The van der Waals surface area contributed by atoms with Gasteiger partial charge in [-0.1, -0.05) is 24.3 Å². The van der Waals surface area contributed by atoms with Gasteiger partial charge in [0, 0.05) is 6.54 Å². The van der Waals surface area contributed by atoms with E-state index < -0.39 is 0 Å². The molecule has 0 aliphatic heterocycles. The first-order chi connectivity index (χ1) is 13.5. The zero-order valence-electron chi connectivity index (χ0n) is 15.8. The largest absolute Gasteiger partial charge is 0.489 e. The van der Waals surface area contributed by atoms with Gasteiger partial charge in [0.15, 0.2) is 0 Å². The van der Waals surface area contributed by atoms with Crippen molar-refractivity contribution in [2.75, 3.05) is 10.6 Å². The van der Waals surface area contributed by atoms with Crippen LogP contribution in [0.1, 0.15) is 29.9 Å². The number of ether oxygens (including phenoxy) is 1. The molecule has 0 atom stereocenters. The minimum atomic E-state index is -0.315. The van der Waals surface area contributed by atoms with Crippen molar-refractivity contribution >= 4 is 17.3 Å². The van der Waals surface area contributed by atoms with Crippen molar-refractivity contribution in [3.63, 3.8) is 0 Å². The van der Waals surface area contributed by atoms with Crippen molar-refractivity contribution in [3.8, 4) is 5.75 Å². The lowest BCUT2D eigenvalue weighted by Gasteiger charge is -2.14. The average Bonchev–Trinajstić information content (AvgIpc) is 2.69. The van der Waals surface area contributed by atoms with E-state index in [-0.39, 0.29) is 17.8 Å². The molecular weight excluding hydrogens is 357 g/mol. The number of halogens is 1. The molecule has 0 fully saturated rings. The van der Waals surface area contributed by atoms with E-state index in [1.807, 2.05) is 32.0 Å². The van der Waals surface area contributed by atoms with E-state index in [2.05, 4.69) is 15.6 Å². The van der Waals surface area contributed by atoms with Crippen LogP contribution in [0, 0.1) is 5.82 Å². The summed E-state index contributed by atoms with van der Waals surface area (Å²) in [5.41, 5.74) is 2.61. The van der Waals surface area contributed by atoms with Crippen LogP contribution in [0.3, 0.4) is 0 Å². The molecular formula is C22H22FN3O2. The monoisotopic (exact) mass is 379 g/mol. The summed E-state index contributed by atoms with van der Waals surface area (Å²) in [5.74, 6) is 0.0366. The topological polar surface area (TPSA) is 63.2 Å². The minimum Gasteiger partial charge on any atom is -0.489 e. The molecule has 1 amide bonds. The van der Waals surface area contributed by atoms with Crippen molar-refractivity contribution in [2.45, 2.75) is 26.5 Å². The molecule has 0 saturated carbocycles. The molecule has 0 aliphatic carbocycles. The summed E-state index contributed by atoms with van der Waals surface area (Å²) >= 11 is 0. The van der Waals surface area contributed by atoms with Crippen molar-refractivity contribution in [1.29, 1.82) is 0 Å². The number of nitrogens with zero attached hydrogens (tertiary/aromatic N) is 1. The van der Waals surface area contributed by atoms with Crippen LogP contribution in [0.25, 0.3) is 0 Å². The Balaban J connectivity index is 1.61. The van der Waals surface area contributed by atoms with Crippen LogP contribution in [0.4, 0.5) is 15.8 Å². The fourth-order valence-electron chi connectivity index (χ4n) is 2.55. The van der Waals surface area contributed by atoms with E-state index in [0.29, 0.717) is 23.7 Å². The number of para-hydroxylation sites is 2. The van der Waals surface area contributed by atoms with Gasteiger partial charge < -0.3 is 15.4 Å². The van der Waals surface area contributed by atoms with Crippen LogP contribution in [0.2, 0.25) is 0 Å². The fraction of sp³-hybridized carbons (Fsp3) is 0.182. The molecule has 0 spiro atoms. The highest BCUT2D eigenvalue weighted by Gasteiger charge is 2.11. The standard InChI is InChI=1S/C22H22FN3O2/c1-15(2)28-21-6-4-3-5-19(21)26-22(27)20-12-11-18(14-25-20)24-13-16-7-9-17(23)10-8-16/h3-12,14-15,24H,13H2,1-2H3,(H,26,27). The summed E-state index contributed by atoms with van der Waals surface area (Å²) in [6.45, 7) is 4.39. The third-order valence-corrected chi connectivity index (χ3v) is 3.90. The maximum Gasteiger partial charge on any atom is 0.274 e. The highest BCUT2D eigenvalue weighted by molar-refractivity contribution is 6.03. The number of carbonyl (C=O) groups is 1. The van der Waals surface area contributed by atoms with Gasteiger partial charge in [-0.15, -0.1) is 0 Å². The summed E-state index contributed by atoms with van der Waals surface area (Å²) in [7, 11) is 0. The Morgan fingerprint density at radius 3 is 2.50 bits per heavy atom. The molecule has 28 heavy (non-hydrogen) atoms. The normalized spacial score (nSPS) is 10.6. The second-order valence-corrected chi connectivity index (χ2v) is 6.53. The van der Waals surface area contributed by atoms with Crippen LogP contribution in [0.5, 0.6) is 5.75 Å². The lowest BCUT2D eigenvalue weighted by molar-refractivity contribution is 0.102. The first-order valence-corrected chi connectivity index (χ1v) is 9.02. The van der Waals surface area contributed by atoms with E-state index in [0.717, 1.165) is 11.3 Å². The van der Waals surface area contributed by atoms with Crippen LogP contribution in [0.15, 0.2) is 66.9 Å². The van der Waals surface area contributed by atoms with Crippen molar-refractivity contribution in [2.24, 2.45) is 0 Å². The van der Waals surface area contributed by atoms with E-state index in [9.17, 15) is 9.18 Å². The molecule has 5 nitrogen and oxygen atoms in total. The number of pyridine rings is 1. The van der Waals surface area contributed by atoms with Gasteiger partial charge in [0.2, 0.25) is 0 Å². The SMILES string of the molecule is CC(C)Oc1ccccc1NC(=O)c1ccc(NCc2ccc(F)cc2)cn1. The Bertz CT molecular complexity index is 925. The lowest BCUT2D eigenvalue weighted by Crippen LogP contribution is -2.15. The number of amides is 1. The smallest absolute Gasteiger partial charge is 0.274 e. The Hall–Kier alpha value is -3.41. The molecule has 144 valence electrons. The predicted molar refractivity (Wildman–Crippen MR) is 108 cm³/mol. The van der Waals surface area contributed by atoms with Gasteiger partial charge in [0.1, 0.15) is 17.3 Å². The number of nitrogens with one attached hydrogen (secondary N) is 2. The van der Waals surface area contributed by atoms with Gasteiger partial charge in [-0.2, -0.15) is 0 Å². The second-order valence-electron chi connectivity index (χ2n) is 6.53. The zero-order valence-corrected chi connectivity index (χ0v) is 15.8. The third-order valence-electron chi connectivity index (χ3n) is 3.90. The van der Waals surface area contributed by atoms with Gasteiger partial charge in [-0.05, 0) is 55.8 Å². The molecule has 0 aliphatic rings. The number of hydrogen-bond acceptors (Lipinski definition) is 4. The first-order valence-electron chi connectivity index (χ1n) is 9.02. The van der Waals surface area contributed by atoms with Crippen molar-refractivity contribution < 1.29 is 13.9 Å². The summed E-state index contributed by atoms with van der Waals surface area (Å²) in [6.07, 6.45) is 1.59. The summed E-state index contributed by atoms with van der Waals surface area (Å²) < 4.78 is 18.7. The van der Waals surface area contributed by atoms with E-state index in [4.69, 9.17) is 4.74 Å². The maximum absolute atomic E-state index is 12.9. The maximum atomic E-state index is 12.9. The molecule has 1 heterocycles. The van der Waals surface area contributed by atoms with E-state index in [1.165, 1.54) is 12.1 Å². The van der Waals surface area contributed by atoms with Gasteiger partial charge in [-0.25, -0.2) is 9.37 Å². The Labute approximate surface area is 163 Å². The van der Waals surface area contributed by atoms with Crippen molar-refractivity contribution in [1.82, 2.24) is 4.98 Å². The molecule has 0 radical (unpaired) electrons. The highest BCUT2D eigenvalue weighted by Crippen LogP contribution is 2.25. The number of rotatable bonds is 7. The molecule has 0 bridgehead atoms. The Morgan fingerprint density at radius 1 is 1.07 bits per heavy atom. The number of anilines is 2. The van der Waals surface area contributed by atoms with Crippen molar-refractivity contribution in [3.05, 3.63) is 83.9 Å². The van der Waals surface area contributed by atoms with Gasteiger partial charge in [-0.3, -0.25) is 4.79 Å². The fourth-order valence-corrected chi connectivity index (χ4v) is 2.55.